The molecule has 192 valence electrons. The van der Waals surface area contributed by atoms with Gasteiger partial charge in [0.1, 0.15) is 0 Å². The Morgan fingerprint density at radius 2 is 1.89 bits per heavy atom. The van der Waals surface area contributed by atoms with Crippen LogP contribution in [0.1, 0.15) is 48.3 Å². The van der Waals surface area contributed by atoms with E-state index in [1.54, 1.807) is 10.6 Å². The summed E-state index contributed by atoms with van der Waals surface area (Å²) in [6.07, 6.45) is 6.75. The largest absolute Gasteiger partial charge is 0.381 e. The maximum Gasteiger partial charge on any atom is 0.273 e. The number of nitrogens with one attached hydrogen (secondary N) is 2. The lowest BCUT2D eigenvalue weighted by molar-refractivity contribution is -0.121. The van der Waals surface area contributed by atoms with Crippen LogP contribution in [0.15, 0.2) is 24.4 Å². The summed E-state index contributed by atoms with van der Waals surface area (Å²) in [5.74, 6) is -0.488. The molecular weight excluding hydrogens is 474 g/mol. The van der Waals surface area contributed by atoms with Crippen LogP contribution in [-0.2, 0) is 14.9 Å². The molecule has 37 heavy (non-hydrogen) atoms. The lowest BCUT2D eigenvalue weighted by Gasteiger charge is -2.53. The molecule has 2 aliphatic heterocycles. The number of amides is 2. The highest BCUT2D eigenvalue weighted by Crippen LogP contribution is 2.78. The highest BCUT2D eigenvalue weighted by atomic mass is 16.5. The molecule has 4 N–H and O–H groups in total. The number of pyridine rings is 1. The smallest absolute Gasteiger partial charge is 0.273 e. The van der Waals surface area contributed by atoms with Crippen molar-refractivity contribution in [1.82, 2.24) is 30.1 Å². The Morgan fingerprint density at radius 3 is 2.57 bits per heavy atom. The number of carbonyl (C=O) groups is 2. The maximum absolute atomic E-state index is 12.5. The number of nitrogens with two attached hydrogens (primary N) is 1. The van der Waals surface area contributed by atoms with Crippen molar-refractivity contribution in [3.8, 4) is 0 Å². The maximum atomic E-state index is 12.5. The molecule has 2 amide bonds. The molecule has 2 saturated heterocycles. The van der Waals surface area contributed by atoms with Gasteiger partial charge in [0.05, 0.1) is 28.7 Å². The summed E-state index contributed by atoms with van der Waals surface area (Å²) in [6.45, 7) is 3.73. The van der Waals surface area contributed by atoms with Crippen LogP contribution in [0.25, 0.3) is 5.65 Å². The van der Waals surface area contributed by atoms with E-state index in [0.717, 1.165) is 57.7 Å². The Kier molecular flexibility index (Phi) is 4.60. The number of anilines is 3. The summed E-state index contributed by atoms with van der Waals surface area (Å²) < 4.78 is 7.26. The molecule has 4 aliphatic rings. The number of aromatic nitrogens is 5. The van der Waals surface area contributed by atoms with Gasteiger partial charge in [-0.05, 0) is 55.7 Å². The van der Waals surface area contributed by atoms with E-state index in [1.165, 1.54) is 7.05 Å². The highest BCUT2D eigenvalue weighted by Gasteiger charge is 2.78. The van der Waals surface area contributed by atoms with Crippen molar-refractivity contribution in [3.05, 3.63) is 35.8 Å². The van der Waals surface area contributed by atoms with Crippen molar-refractivity contribution < 1.29 is 14.3 Å². The van der Waals surface area contributed by atoms with Gasteiger partial charge in [0.2, 0.25) is 11.9 Å². The second-order valence-corrected chi connectivity index (χ2v) is 11.0. The first-order valence-electron chi connectivity index (χ1n) is 12.7. The Bertz CT molecular complexity index is 1430. The summed E-state index contributed by atoms with van der Waals surface area (Å²) in [7, 11) is 1.53. The topological polar surface area (TPSA) is 153 Å². The predicted molar refractivity (Wildman–Crippen MR) is 134 cm³/mol. The average molecular weight is 504 g/mol. The van der Waals surface area contributed by atoms with Gasteiger partial charge in [0.15, 0.2) is 11.3 Å². The summed E-state index contributed by atoms with van der Waals surface area (Å²) in [5.41, 5.74) is 7.98. The number of fused-ring (bicyclic) bond motifs is 1. The zero-order valence-corrected chi connectivity index (χ0v) is 20.7. The zero-order chi connectivity index (χ0) is 25.4. The second-order valence-electron chi connectivity index (χ2n) is 11.0. The van der Waals surface area contributed by atoms with Crippen LogP contribution in [0.2, 0.25) is 0 Å². The lowest BCUT2D eigenvalue weighted by Crippen LogP contribution is -2.58. The molecule has 5 heterocycles. The van der Waals surface area contributed by atoms with Crippen LogP contribution in [0.4, 0.5) is 17.3 Å². The first kappa shape index (κ1) is 22.4. The molecule has 3 aromatic rings. The van der Waals surface area contributed by atoms with Crippen LogP contribution in [0.5, 0.6) is 0 Å². The molecule has 0 unspecified atom stereocenters. The van der Waals surface area contributed by atoms with E-state index in [-0.39, 0.29) is 11.1 Å². The molecule has 4 fully saturated rings. The molecular formula is C25H29N9O3. The van der Waals surface area contributed by atoms with Gasteiger partial charge in [0, 0.05) is 38.8 Å². The molecule has 7 rings (SSSR count). The number of rotatable bonds is 6. The van der Waals surface area contributed by atoms with E-state index in [9.17, 15) is 9.59 Å². The van der Waals surface area contributed by atoms with Crippen molar-refractivity contribution in [2.45, 2.75) is 37.5 Å². The third-order valence-corrected chi connectivity index (χ3v) is 8.86. The average Bonchev–Trinajstić information content (AvgIpc) is 3.77. The molecule has 12 nitrogen and oxygen atoms in total. The van der Waals surface area contributed by atoms with Gasteiger partial charge >= 0.3 is 0 Å². The zero-order valence-electron chi connectivity index (χ0n) is 20.7. The Morgan fingerprint density at radius 1 is 1.11 bits per heavy atom. The molecule has 2 spiro atoms. The number of carbonyl (C=O) groups excluding carboxylic acids is 2. The van der Waals surface area contributed by atoms with Gasteiger partial charge in [-0.3, -0.25) is 9.59 Å². The Balaban J connectivity index is 1.17. The van der Waals surface area contributed by atoms with Crippen molar-refractivity contribution in [3.63, 3.8) is 0 Å². The fraction of sp³-hybridized carbons (Fsp3) is 0.520. The van der Waals surface area contributed by atoms with Gasteiger partial charge in [-0.25, -0.2) is 4.52 Å². The van der Waals surface area contributed by atoms with E-state index in [1.807, 2.05) is 12.3 Å². The predicted octanol–water partition coefficient (Wildman–Crippen LogP) is 1.15. The van der Waals surface area contributed by atoms with Crippen LogP contribution in [0, 0.1) is 10.8 Å². The van der Waals surface area contributed by atoms with Gasteiger partial charge in [0.25, 0.3) is 5.91 Å². The number of hydrogen-bond donors (Lipinski definition) is 3. The minimum Gasteiger partial charge on any atom is -0.381 e. The van der Waals surface area contributed by atoms with Crippen molar-refractivity contribution in [2.24, 2.45) is 16.6 Å². The third-order valence-electron chi connectivity index (χ3n) is 8.86. The molecule has 2 saturated carbocycles. The van der Waals surface area contributed by atoms with Crippen molar-refractivity contribution in [2.75, 3.05) is 43.6 Å². The molecule has 3 aromatic heterocycles. The quantitative estimate of drug-likeness (QED) is 0.449. The van der Waals surface area contributed by atoms with Crippen molar-refractivity contribution in [1.29, 1.82) is 0 Å². The standard InChI is InChI=1S/C25H29N9O3/c1-27-20(35)19-16(10-17(30-31-19)25(21(26)36)12-24(25)4-5-24)28-22-29-18-3-2-15(11-34(18)32-22)33-13-23(14-33)6-8-37-9-7-23/h2-3,10-11H,4-9,12-14H2,1H3,(H2,26,36)(H,27,35)(H,28,30,32)/t25-/m1/s1. The van der Waals surface area contributed by atoms with Gasteiger partial charge in [-0.15, -0.1) is 10.2 Å². The Hall–Kier alpha value is -3.80. The van der Waals surface area contributed by atoms with E-state index >= 15 is 0 Å². The second kappa shape index (κ2) is 7.60. The van der Waals surface area contributed by atoms with Gasteiger partial charge in [-0.1, -0.05) is 0 Å². The van der Waals surface area contributed by atoms with E-state index < -0.39 is 17.2 Å². The van der Waals surface area contributed by atoms with Crippen LogP contribution < -0.4 is 21.3 Å². The molecule has 1 atom stereocenters. The van der Waals surface area contributed by atoms with E-state index in [2.05, 4.69) is 41.9 Å². The third kappa shape index (κ3) is 3.31. The Labute approximate surface area is 213 Å². The van der Waals surface area contributed by atoms with E-state index in [4.69, 9.17) is 10.5 Å². The number of hydrogen-bond acceptors (Lipinski definition) is 9. The normalized spacial score (nSPS) is 24.6. The first-order chi connectivity index (χ1) is 17.9. The van der Waals surface area contributed by atoms with E-state index in [0.29, 0.717) is 34.8 Å². The van der Waals surface area contributed by atoms with Gasteiger partial charge < -0.3 is 26.0 Å². The van der Waals surface area contributed by atoms with Gasteiger partial charge in [-0.2, -0.15) is 10.1 Å². The number of ether oxygens (including phenoxy) is 1. The number of nitrogens with zero attached hydrogens (tertiary/aromatic N) is 6. The summed E-state index contributed by atoms with van der Waals surface area (Å²) >= 11 is 0. The molecule has 0 radical (unpaired) electrons. The lowest BCUT2D eigenvalue weighted by atomic mass is 9.73. The summed E-state index contributed by atoms with van der Waals surface area (Å²) in [5, 5.41) is 18.7. The summed E-state index contributed by atoms with van der Waals surface area (Å²) in [4.78, 5) is 31.9. The molecule has 12 heteroatoms. The highest BCUT2D eigenvalue weighted by molar-refractivity contribution is 5.98. The minimum absolute atomic E-state index is 0.0956. The first-order valence-corrected chi connectivity index (χ1v) is 12.7. The monoisotopic (exact) mass is 503 g/mol. The minimum atomic E-state index is -0.821. The van der Waals surface area contributed by atoms with Crippen LogP contribution in [-0.4, -0.2) is 70.0 Å². The van der Waals surface area contributed by atoms with Crippen LogP contribution in [0.3, 0.4) is 0 Å². The summed E-state index contributed by atoms with van der Waals surface area (Å²) in [6, 6.07) is 5.68. The fourth-order valence-corrected chi connectivity index (χ4v) is 6.34. The fourth-order valence-electron chi connectivity index (χ4n) is 6.34. The molecule has 2 aliphatic carbocycles. The van der Waals surface area contributed by atoms with Crippen LogP contribution >= 0.6 is 0 Å². The SMILES string of the molecule is CNC(=O)c1nnc([C@@]2(C(N)=O)CC23CC3)cc1Nc1nc2ccc(N3CC4(CCOCC4)C3)cn2n1. The van der Waals surface area contributed by atoms with Crippen molar-refractivity contribution >= 4 is 34.8 Å². The number of primary amides is 1. The molecule has 0 aromatic carbocycles. The molecule has 0 bridgehead atoms.